The van der Waals surface area contributed by atoms with Gasteiger partial charge in [-0.2, -0.15) is 0 Å². The lowest BCUT2D eigenvalue weighted by Crippen LogP contribution is -2.21. The number of nitrogens with one attached hydrogen (secondary N) is 2. The fourth-order valence-corrected chi connectivity index (χ4v) is 2.13. The highest BCUT2D eigenvalue weighted by Gasteiger charge is 2.09. The summed E-state index contributed by atoms with van der Waals surface area (Å²) in [4.78, 5) is 12.2. The van der Waals surface area contributed by atoms with Gasteiger partial charge in [0.05, 0.1) is 18.5 Å². The zero-order valence-electron chi connectivity index (χ0n) is 14.7. The molecule has 25 heavy (non-hydrogen) atoms. The standard InChI is InChI=1S/C19H24N2O4/c1-13(2)11-20-18-9-14(22)7-8-17(18)21-19(23)12-25-16-6-4-5-15(10-16)24-3/h4-10,13,20,22H,11-12H2,1-3H3,(H,21,23). The van der Waals surface area contributed by atoms with Crippen LogP contribution in [0.3, 0.4) is 0 Å². The number of anilines is 2. The van der Waals surface area contributed by atoms with Gasteiger partial charge in [-0.3, -0.25) is 4.79 Å². The van der Waals surface area contributed by atoms with Gasteiger partial charge in [0.2, 0.25) is 0 Å². The smallest absolute Gasteiger partial charge is 0.262 e. The number of phenols is 1. The first-order chi connectivity index (χ1) is 12.0. The van der Waals surface area contributed by atoms with Crippen LogP contribution in [0.1, 0.15) is 13.8 Å². The molecule has 0 heterocycles. The number of aromatic hydroxyl groups is 1. The number of benzene rings is 2. The predicted molar refractivity (Wildman–Crippen MR) is 98.6 cm³/mol. The number of carbonyl (C=O) groups is 1. The van der Waals surface area contributed by atoms with E-state index in [1.165, 1.54) is 6.07 Å². The molecule has 0 bridgehead atoms. The van der Waals surface area contributed by atoms with E-state index in [4.69, 9.17) is 9.47 Å². The van der Waals surface area contributed by atoms with Gasteiger partial charge in [-0.15, -0.1) is 0 Å². The third kappa shape index (κ3) is 5.91. The van der Waals surface area contributed by atoms with Crippen LogP contribution in [-0.2, 0) is 4.79 Å². The number of amides is 1. The lowest BCUT2D eigenvalue weighted by atomic mass is 10.2. The molecule has 0 radical (unpaired) electrons. The number of phenolic OH excluding ortho intramolecular Hbond substituents is 1. The fourth-order valence-electron chi connectivity index (χ4n) is 2.13. The molecule has 2 rings (SSSR count). The van der Waals surface area contributed by atoms with Crippen molar-refractivity contribution in [1.82, 2.24) is 0 Å². The van der Waals surface area contributed by atoms with Crippen LogP contribution in [0.25, 0.3) is 0 Å². The maximum absolute atomic E-state index is 12.2. The molecule has 2 aromatic rings. The zero-order chi connectivity index (χ0) is 18.2. The molecule has 134 valence electrons. The molecule has 0 aliphatic carbocycles. The van der Waals surface area contributed by atoms with Crippen molar-refractivity contribution >= 4 is 17.3 Å². The van der Waals surface area contributed by atoms with E-state index in [2.05, 4.69) is 24.5 Å². The van der Waals surface area contributed by atoms with E-state index < -0.39 is 0 Å². The number of carbonyl (C=O) groups excluding carboxylic acids is 1. The van der Waals surface area contributed by atoms with Crippen LogP contribution in [-0.4, -0.2) is 31.3 Å². The van der Waals surface area contributed by atoms with E-state index in [0.29, 0.717) is 28.8 Å². The van der Waals surface area contributed by atoms with Crippen molar-refractivity contribution in [3.8, 4) is 17.2 Å². The fraction of sp³-hybridized carbons (Fsp3) is 0.316. The molecule has 0 aliphatic heterocycles. The van der Waals surface area contributed by atoms with Crippen LogP contribution in [0.2, 0.25) is 0 Å². The average molecular weight is 344 g/mol. The van der Waals surface area contributed by atoms with Crippen LogP contribution in [0.5, 0.6) is 17.2 Å². The lowest BCUT2D eigenvalue weighted by Gasteiger charge is -2.15. The summed E-state index contributed by atoms with van der Waals surface area (Å²) in [6.07, 6.45) is 0. The van der Waals surface area contributed by atoms with Crippen molar-refractivity contribution < 1.29 is 19.4 Å². The zero-order valence-corrected chi connectivity index (χ0v) is 14.7. The van der Waals surface area contributed by atoms with Crippen LogP contribution in [0.4, 0.5) is 11.4 Å². The largest absolute Gasteiger partial charge is 0.508 e. The van der Waals surface area contributed by atoms with Crippen LogP contribution < -0.4 is 20.1 Å². The van der Waals surface area contributed by atoms with E-state index in [-0.39, 0.29) is 18.3 Å². The number of hydrogen-bond acceptors (Lipinski definition) is 5. The second-order valence-corrected chi connectivity index (χ2v) is 6.02. The third-order valence-electron chi connectivity index (χ3n) is 3.39. The monoisotopic (exact) mass is 344 g/mol. The van der Waals surface area contributed by atoms with E-state index in [1.807, 2.05) is 0 Å². The first kappa shape index (κ1) is 18.4. The van der Waals surface area contributed by atoms with Crippen LogP contribution >= 0.6 is 0 Å². The Kier molecular flexibility index (Phi) is 6.51. The Morgan fingerprint density at radius 2 is 1.88 bits per heavy atom. The highest BCUT2D eigenvalue weighted by atomic mass is 16.5. The highest BCUT2D eigenvalue weighted by Crippen LogP contribution is 2.27. The molecule has 0 aromatic heterocycles. The van der Waals surface area contributed by atoms with E-state index >= 15 is 0 Å². The summed E-state index contributed by atoms with van der Waals surface area (Å²) in [5.74, 6) is 1.50. The quantitative estimate of drug-likeness (QED) is 0.639. The van der Waals surface area contributed by atoms with Crippen molar-refractivity contribution in [3.05, 3.63) is 42.5 Å². The third-order valence-corrected chi connectivity index (χ3v) is 3.39. The number of methoxy groups -OCH3 is 1. The summed E-state index contributed by atoms with van der Waals surface area (Å²) in [6, 6.07) is 11.8. The Balaban J connectivity index is 1.97. The SMILES string of the molecule is COc1cccc(OCC(=O)Nc2ccc(O)cc2NCC(C)C)c1. The molecule has 6 nitrogen and oxygen atoms in total. The molecule has 2 aromatic carbocycles. The Morgan fingerprint density at radius 3 is 2.60 bits per heavy atom. The Morgan fingerprint density at radius 1 is 1.12 bits per heavy atom. The Bertz CT molecular complexity index is 716. The minimum absolute atomic E-state index is 0.127. The molecule has 1 amide bonds. The molecule has 3 N–H and O–H groups in total. The van der Waals surface area contributed by atoms with Crippen molar-refractivity contribution in [3.63, 3.8) is 0 Å². The summed E-state index contributed by atoms with van der Waals surface area (Å²) < 4.78 is 10.6. The van der Waals surface area contributed by atoms with E-state index in [1.54, 1.807) is 43.5 Å². The van der Waals surface area contributed by atoms with Gasteiger partial charge in [0, 0.05) is 18.7 Å². The summed E-state index contributed by atoms with van der Waals surface area (Å²) in [6.45, 7) is 4.76. The summed E-state index contributed by atoms with van der Waals surface area (Å²) in [7, 11) is 1.57. The molecule has 0 spiro atoms. The maximum Gasteiger partial charge on any atom is 0.262 e. The van der Waals surface area contributed by atoms with Gasteiger partial charge in [0.15, 0.2) is 6.61 Å². The summed E-state index contributed by atoms with van der Waals surface area (Å²) in [5.41, 5.74) is 1.26. The first-order valence-corrected chi connectivity index (χ1v) is 8.11. The second-order valence-electron chi connectivity index (χ2n) is 6.02. The number of ether oxygens (including phenoxy) is 2. The summed E-state index contributed by atoms with van der Waals surface area (Å²) in [5, 5.41) is 15.7. The molecule has 0 saturated heterocycles. The first-order valence-electron chi connectivity index (χ1n) is 8.11. The number of hydrogen-bond donors (Lipinski definition) is 3. The number of rotatable bonds is 8. The van der Waals surface area contributed by atoms with Gasteiger partial charge in [-0.1, -0.05) is 19.9 Å². The molecule has 0 fully saturated rings. The van der Waals surface area contributed by atoms with E-state index in [0.717, 1.165) is 6.54 Å². The normalized spacial score (nSPS) is 10.4. The minimum atomic E-state index is -0.291. The van der Waals surface area contributed by atoms with Gasteiger partial charge in [-0.05, 0) is 30.2 Å². The van der Waals surface area contributed by atoms with Gasteiger partial charge in [0.25, 0.3) is 5.91 Å². The summed E-state index contributed by atoms with van der Waals surface area (Å²) >= 11 is 0. The van der Waals surface area contributed by atoms with Crippen molar-refractivity contribution in [2.24, 2.45) is 5.92 Å². The van der Waals surface area contributed by atoms with Crippen LogP contribution in [0, 0.1) is 5.92 Å². The van der Waals surface area contributed by atoms with Gasteiger partial charge >= 0.3 is 0 Å². The molecular weight excluding hydrogens is 320 g/mol. The molecule has 0 atom stereocenters. The van der Waals surface area contributed by atoms with Gasteiger partial charge in [0.1, 0.15) is 17.2 Å². The van der Waals surface area contributed by atoms with Gasteiger partial charge < -0.3 is 25.2 Å². The Hall–Kier alpha value is -2.89. The molecule has 0 unspecified atom stereocenters. The predicted octanol–water partition coefficient (Wildman–Crippen LogP) is 3.49. The maximum atomic E-state index is 12.2. The molecule has 6 heteroatoms. The van der Waals surface area contributed by atoms with Crippen LogP contribution in [0.15, 0.2) is 42.5 Å². The van der Waals surface area contributed by atoms with Crippen molar-refractivity contribution in [2.75, 3.05) is 30.9 Å². The molecule has 0 aliphatic rings. The second kappa shape index (κ2) is 8.82. The van der Waals surface area contributed by atoms with Crippen molar-refractivity contribution in [2.45, 2.75) is 13.8 Å². The minimum Gasteiger partial charge on any atom is -0.508 e. The molecule has 0 saturated carbocycles. The Labute approximate surface area is 147 Å². The van der Waals surface area contributed by atoms with Gasteiger partial charge in [-0.25, -0.2) is 0 Å². The topological polar surface area (TPSA) is 79.8 Å². The van der Waals surface area contributed by atoms with E-state index in [9.17, 15) is 9.90 Å². The highest BCUT2D eigenvalue weighted by molar-refractivity contribution is 5.95. The van der Waals surface area contributed by atoms with Crippen molar-refractivity contribution in [1.29, 1.82) is 0 Å². The molecular formula is C19H24N2O4. The average Bonchev–Trinajstić information content (AvgIpc) is 2.60. The lowest BCUT2D eigenvalue weighted by molar-refractivity contribution is -0.118.